The number of carbonyl (C=O) groups excluding carboxylic acids is 2. The second-order valence-electron chi connectivity index (χ2n) is 14.1. The van der Waals surface area contributed by atoms with Crippen LogP contribution in [-0.4, -0.2) is 11.8 Å². The fourth-order valence-electron chi connectivity index (χ4n) is 6.50. The summed E-state index contributed by atoms with van der Waals surface area (Å²) in [5.74, 6) is 0.623. The van der Waals surface area contributed by atoms with Crippen LogP contribution in [0.3, 0.4) is 0 Å². The third-order valence-corrected chi connectivity index (χ3v) is 9.49. The molecular weight excluding hydrogens is 528 g/mol. The zero-order chi connectivity index (χ0) is 31.5. The summed E-state index contributed by atoms with van der Waals surface area (Å²) in [6.45, 7) is 2.48. The molecule has 4 nitrogen and oxygen atoms in total. The lowest BCUT2D eigenvalue weighted by Crippen LogP contribution is -2.09. The van der Waals surface area contributed by atoms with E-state index in [2.05, 4.69) is 6.92 Å². The first kappa shape index (κ1) is 41.9. The lowest BCUT2D eigenvalue weighted by molar-refractivity contribution is -0.119. The van der Waals surface area contributed by atoms with Gasteiger partial charge in [0.25, 0.3) is 0 Å². The van der Waals surface area contributed by atoms with E-state index in [4.69, 9.17) is 11.5 Å². The Bertz CT molecular complexity index is 580. The van der Waals surface area contributed by atoms with Gasteiger partial charge in [-0.2, -0.15) is 0 Å². The number of unbranched alkanes of at least 4 members (excludes halogenated alkanes) is 29. The highest BCUT2D eigenvalue weighted by molar-refractivity contribution is 5.73. The largest absolute Gasteiger partial charge is 0.370 e. The van der Waals surface area contributed by atoms with Crippen molar-refractivity contribution >= 4 is 11.8 Å². The lowest BCUT2D eigenvalue weighted by atomic mass is 9.95. The van der Waals surface area contributed by atoms with Crippen molar-refractivity contribution in [2.75, 3.05) is 0 Å². The summed E-state index contributed by atoms with van der Waals surface area (Å²) < 4.78 is 0. The van der Waals surface area contributed by atoms with Crippen molar-refractivity contribution in [1.29, 1.82) is 0 Å². The molecular formula is C39H78N2O2. The third kappa shape index (κ3) is 38.9. The van der Waals surface area contributed by atoms with Gasteiger partial charge in [0.1, 0.15) is 0 Å². The van der Waals surface area contributed by atoms with Crippen molar-refractivity contribution in [3.63, 3.8) is 0 Å². The molecule has 0 heterocycles. The third-order valence-electron chi connectivity index (χ3n) is 9.49. The molecule has 0 radical (unpaired) electrons. The van der Waals surface area contributed by atoms with Crippen LogP contribution in [0.1, 0.15) is 232 Å². The Morgan fingerprint density at radius 1 is 0.326 bits per heavy atom. The summed E-state index contributed by atoms with van der Waals surface area (Å²) in [5, 5.41) is 0. The molecule has 1 atom stereocenters. The highest BCUT2D eigenvalue weighted by Crippen LogP contribution is 2.20. The molecule has 0 aliphatic rings. The Morgan fingerprint density at radius 2 is 0.488 bits per heavy atom. The highest BCUT2D eigenvalue weighted by Gasteiger charge is 2.03. The molecule has 4 N–H and O–H groups in total. The predicted molar refractivity (Wildman–Crippen MR) is 189 cm³/mol. The summed E-state index contributed by atoms with van der Waals surface area (Å²) in [4.78, 5) is 21.4. The second-order valence-corrected chi connectivity index (χ2v) is 14.1. The molecule has 0 aliphatic heterocycles. The first-order valence-corrected chi connectivity index (χ1v) is 19.6. The maximum atomic E-state index is 10.7. The first-order valence-electron chi connectivity index (χ1n) is 19.6. The normalized spacial score (nSPS) is 12.1. The predicted octanol–water partition coefficient (Wildman–Crippen LogP) is 12.2. The van der Waals surface area contributed by atoms with Gasteiger partial charge in [0.2, 0.25) is 11.8 Å². The first-order chi connectivity index (χ1) is 21.0. The maximum Gasteiger partial charge on any atom is 0.217 e. The van der Waals surface area contributed by atoms with Crippen molar-refractivity contribution in [3.05, 3.63) is 0 Å². The van der Waals surface area contributed by atoms with Crippen LogP contribution in [0.2, 0.25) is 0 Å². The number of hydrogen-bond donors (Lipinski definition) is 2. The topological polar surface area (TPSA) is 86.2 Å². The average Bonchev–Trinajstić information content (AvgIpc) is 2.97. The Kier molecular flexibility index (Phi) is 34.5. The Hall–Kier alpha value is -1.06. The molecule has 0 bridgehead atoms. The van der Waals surface area contributed by atoms with Gasteiger partial charge in [-0.25, -0.2) is 0 Å². The van der Waals surface area contributed by atoms with E-state index in [1.54, 1.807) is 0 Å². The molecule has 0 rings (SSSR count). The number of nitrogens with two attached hydrogens (primary N) is 2. The lowest BCUT2D eigenvalue weighted by Gasteiger charge is -2.11. The Balaban J connectivity index is 3.16. The number of primary amides is 2. The van der Waals surface area contributed by atoms with E-state index in [1.165, 1.54) is 186 Å². The van der Waals surface area contributed by atoms with Crippen LogP contribution in [0, 0.1) is 5.92 Å². The van der Waals surface area contributed by atoms with E-state index in [0.29, 0.717) is 12.8 Å². The van der Waals surface area contributed by atoms with Gasteiger partial charge in [-0.3, -0.25) is 9.59 Å². The maximum absolute atomic E-state index is 10.7. The van der Waals surface area contributed by atoms with Crippen LogP contribution >= 0.6 is 0 Å². The van der Waals surface area contributed by atoms with Gasteiger partial charge in [0.05, 0.1) is 0 Å². The SMILES string of the molecule is CC(CCCCCCCCCCCCCCCCCCC(N)=O)CCCCCCCCCCCCCCCCCC(N)=O. The van der Waals surface area contributed by atoms with Crippen molar-refractivity contribution in [2.24, 2.45) is 17.4 Å². The summed E-state index contributed by atoms with van der Waals surface area (Å²) in [7, 11) is 0. The monoisotopic (exact) mass is 607 g/mol. The molecule has 0 spiro atoms. The fourth-order valence-corrected chi connectivity index (χ4v) is 6.50. The van der Waals surface area contributed by atoms with Crippen molar-refractivity contribution in [1.82, 2.24) is 0 Å². The quantitative estimate of drug-likeness (QED) is 0.0689. The van der Waals surface area contributed by atoms with E-state index >= 15 is 0 Å². The zero-order valence-corrected chi connectivity index (χ0v) is 29.3. The van der Waals surface area contributed by atoms with E-state index in [9.17, 15) is 9.59 Å². The highest BCUT2D eigenvalue weighted by atomic mass is 16.1. The molecule has 0 aliphatic carbocycles. The molecule has 0 aromatic heterocycles. The van der Waals surface area contributed by atoms with Gasteiger partial charge < -0.3 is 11.5 Å². The Morgan fingerprint density at radius 3 is 0.674 bits per heavy atom. The van der Waals surface area contributed by atoms with E-state index in [0.717, 1.165) is 31.6 Å². The zero-order valence-electron chi connectivity index (χ0n) is 29.3. The molecule has 0 fully saturated rings. The van der Waals surface area contributed by atoms with Crippen LogP contribution in [0.25, 0.3) is 0 Å². The van der Waals surface area contributed by atoms with Crippen LogP contribution in [0.5, 0.6) is 0 Å². The fraction of sp³-hybridized carbons (Fsp3) is 0.949. The minimum atomic E-state index is -0.152. The number of amides is 2. The van der Waals surface area contributed by atoms with Crippen LogP contribution < -0.4 is 11.5 Å². The van der Waals surface area contributed by atoms with Crippen LogP contribution in [0.4, 0.5) is 0 Å². The molecule has 0 saturated heterocycles. The smallest absolute Gasteiger partial charge is 0.217 e. The van der Waals surface area contributed by atoms with E-state index in [-0.39, 0.29) is 11.8 Å². The number of rotatable bonds is 37. The van der Waals surface area contributed by atoms with E-state index in [1.807, 2.05) is 0 Å². The standard InChI is InChI=1S/C39H78N2O2/c1-37(34-30-26-22-18-14-10-6-4-8-12-16-20-24-28-32-36-39(41)43)33-29-25-21-17-13-9-5-2-3-7-11-15-19-23-27-31-35-38(40)42/h37H,2-36H2,1H3,(H2,40,42)(H2,41,43). The van der Waals surface area contributed by atoms with Gasteiger partial charge in [-0.05, 0) is 18.8 Å². The number of hydrogen-bond acceptors (Lipinski definition) is 2. The molecule has 0 saturated carbocycles. The average molecular weight is 607 g/mol. The van der Waals surface area contributed by atoms with E-state index < -0.39 is 0 Å². The Labute approximate surface area is 270 Å². The molecule has 0 aromatic carbocycles. The minimum Gasteiger partial charge on any atom is -0.370 e. The van der Waals surface area contributed by atoms with Gasteiger partial charge in [-0.1, -0.05) is 206 Å². The van der Waals surface area contributed by atoms with Crippen LogP contribution in [-0.2, 0) is 9.59 Å². The molecule has 43 heavy (non-hydrogen) atoms. The molecule has 1 unspecified atom stereocenters. The van der Waals surface area contributed by atoms with Gasteiger partial charge in [-0.15, -0.1) is 0 Å². The van der Waals surface area contributed by atoms with Gasteiger partial charge in [0.15, 0.2) is 0 Å². The molecule has 0 aromatic rings. The minimum absolute atomic E-state index is 0.152. The van der Waals surface area contributed by atoms with Gasteiger partial charge in [0, 0.05) is 12.8 Å². The number of carbonyl (C=O) groups is 2. The summed E-state index contributed by atoms with van der Waals surface area (Å²) in [5.41, 5.74) is 10.4. The van der Waals surface area contributed by atoms with Gasteiger partial charge >= 0.3 is 0 Å². The molecule has 256 valence electrons. The van der Waals surface area contributed by atoms with Crippen molar-refractivity contribution in [3.8, 4) is 0 Å². The summed E-state index contributed by atoms with van der Waals surface area (Å²) in [6, 6.07) is 0. The second kappa shape index (κ2) is 35.4. The summed E-state index contributed by atoms with van der Waals surface area (Å²) >= 11 is 0. The molecule has 4 heteroatoms. The molecule has 2 amide bonds. The van der Waals surface area contributed by atoms with Crippen molar-refractivity contribution < 1.29 is 9.59 Å². The van der Waals surface area contributed by atoms with Crippen LogP contribution in [0.15, 0.2) is 0 Å². The van der Waals surface area contributed by atoms with Crippen molar-refractivity contribution in [2.45, 2.75) is 232 Å². The summed E-state index contributed by atoms with van der Waals surface area (Å²) in [6.07, 6.45) is 46.3.